The van der Waals surface area contributed by atoms with Gasteiger partial charge in [0.15, 0.2) is 0 Å². The summed E-state index contributed by atoms with van der Waals surface area (Å²) in [6.07, 6.45) is 6.51. The Kier molecular flexibility index (Phi) is 5.58. The lowest BCUT2D eigenvalue weighted by molar-refractivity contribution is 0.244. The van der Waals surface area contributed by atoms with Gasteiger partial charge in [-0.2, -0.15) is 5.10 Å². The molecule has 0 aliphatic heterocycles. The molecule has 0 bridgehead atoms. The van der Waals surface area contributed by atoms with E-state index in [0.717, 1.165) is 47.7 Å². The van der Waals surface area contributed by atoms with Gasteiger partial charge in [0.25, 0.3) is 0 Å². The maximum absolute atomic E-state index is 12.5. The molecule has 2 aromatic rings. The fourth-order valence-corrected chi connectivity index (χ4v) is 3.33. The number of aromatic nitrogens is 2. The molecule has 1 aromatic carbocycles. The monoisotopic (exact) mass is 342 g/mol. The highest BCUT2D eigenvalue weighted by atomic mass is 16.5. The number of aromatic amines is 1. The van der Waals surface area contributed by atoms with Crippen molar-refractivity contribution in [2.24, 2.45) is 0 Å². The third-order valence-electron chi connectivity index (χ3n) is 4.72. The van der Waals surface area contributed by atoms with Crippen molar-refractivity contribution in [1.82, 2.24) is 15.5 Å². The Morgan fingerprint density at radius 3 is 2.84 bits per heavy atom. The van der Waals surface area contributed by atoms with Crippen LogP contribution in [0, 0.1) is 0 Å². The van der Waals surface area contributed by atoms with Crippen molar-refractivity contribution >= 4 is 11.7 Å². The number of amides is 2. The predicted molar refractivity (Wildman–Crippen MR) is 99.0 cm³/mol. The quantitative estimate of drug-likeness (QED) is 0.765. The molecule has 0 spiro atoms. The van der Waals surface area contributed by atoms with Gasteiger partial charge in [-0.05, 0) is 31.4 Å². The second-order valence-corrected chi connectivity index (χ2v) is 6.44. The number of H-pyrrole nitrogens is 1. The fourth-order valence-electron chi connectivity index (χ4n) is 3.33. The van der Waals surface area contributed by atoms with Crippen molar-refractivity contribution in [3.05, 3.63) is 30.0 Å². The van der Waals surface area contributed by atoms with Crippen LogP contribution in [-0.4, -0.2) is 29.4 Å². The van der Waals surface area contributed by atoms with Gasteiger partial charge >= 0.3 is 6.03 Å². The summed E-state index contributed by atoms with van der Waals surface area (Å²) >= 11 is 0. The van der Waals surface area contributed by atoms with E-state index in [-0.39, 0.29) is 12.1 Å². The number of benzene rings is 1. The fraction of sp³-hybridized carbons (Fsp3) is 0.474. The number of carbonyl (C=O) groups is 1. The van der Waals surface area contributed by atoms with Crippen molar-refractivity contribution in [1.29, 1.82) is 0 Å². The summed E-state index contributed by atoms with van der Waals surface area (Å²) in [5, 5.41) is 13.5. The number of hydrogen-bond acceptors (Lipinski definition) is 3. The van der Waals surface area contributed by atoms with Gasteiger partial charge in [-0.3, -0.25) is 5.10 Å². The average molecular weight is 342 g/mol. The van der Waals surface area contributed by atoms with E-state index < -0.39 is 0 Å². The van der Waals surface area contributed by atoms with Gasteiger partial charge in [-0.15, -0.1) is 0 Å². The number of nitrogens with one attached hydrogen (secondary N) is 3. The summed E-state index contributed by atoms with van der Waals surface area (Å²) in [4.78, 5) is 12.5. The van der Waals surface area contributed by atoms with E-state index in [4.69, 9.17) is 4.74 Å². The van der Waals surface area contributed by atoms with Crippen molar-refractivity contribution in [3.8, 4) is 17.0 Å². The molecule has 0 unspecified atom stereocenters. The van der Waals surface area contributed by atoms with Gasteiger partial charge in [-0.1, -0.05) is 38.3 Å². The Labute approximate surface area is 148 Å². The molecule has 1 heterocycles. The average Bonchev–Trinajstić information content (AvgIpc) is 3.05. The first-order valence-corrected chi connectivity index (χ1v) is 9.00. The highest BCUT2D eigenvalue weighted by molar-refractivity contribution is 5.94. The minimum atomic E-state index is -0.160. The second kappa shape index (κ2) is 8.05. The number of carbonyl (C=O) groups excluding carboxylic acids is 1. The number of ether oxygens (including phenoxy) is 1. The van der Waals surface area contributed by atoms with Gasteiger partial charge < -0.3 is 15.4 Å². The molecule has 3 rings (SSSR count). The van der Waals surface area contributed by atoms with Gasteiger partial charge in [0.1, 0.15) is 11.4 Å². The number of hydrogen-bond donors (Lipinski definition) is 3. The van der Waals surface area contributed by atoms with Crippen molar-refractivity contribution in [2.45, 2.75) is 51.5 Å². The van der Waals surface area contributed by atoms with Crippen LogP contribution in [0.3, 0.4) is 0 Å². The van der Waals surface area contributed by atoms with E-state index in [2.05, 4.69) is 20.8 Å². The first-order valence-electron chi connectivity index (χ1n) is 9.00. The van der Waals surface area contributed by atoms with Gasteiger partial charge in [0.05, 0.1) is 18.5 Å². The maximum atomic E-state index is 12.5. The zero-order valence-corrected chi connectivity index (χ0v) is 14.9. The molecule has 6 nitrogen and oxygen atoms in total. The van der Waals surface area contributed by atoms with E-state index in [1.54, 1.807) is 7.11 Å². The lowest BCUT2D eigenvalue weighted by Gasteiger charge is -2.23. The molecule has 1 aliphatic rings. The summed E-state index contributed by atoms with van der Waals surface area (Å²) in [6.45, 7) is 2.03. The van der Waals surface area contributed by atoms with Crippen LogP contribution in [0.2, 0.25) is 0 Å². The van der Waals surface area contributed by atoms with E-state index >= 15 is 0 Å². The predicted octanol–water partition coefficient (Wildman–Crippen LogP) is 4.10. The van der Waals surface area contributed by atoms with Crippen molar-refractivity contribution < 1.29 is 9.53 Å². The summed E-state index contributed by atoms with van der Waals surface area (Å²) < 4.78 is 5.29. The lowest BCUT2D eigenvalue weighted by atomic mass is 9.96. The van der Waals surface area contributed by atoms with Crippen LogP contribution >= 0.6 is 0 Å². The molecule has 0 radical (unpaired) electrons. The molecular formula is C19H26N4O2. The number of methoxy groups -OCH3 is 1. The second-order valence-electron chi connectivity index (χ2n) is 6.44. The van der Waals surface area contributed by atoms with Gasteiger partial charge in [0, 0.05) is 11.6 Å². The normalized spacial score (nSPS) is 15.0. The first kappa shape index (κ1) is 17.3. The van der Waals surface area contributed by atoms with E-state index in [0.29, 0.717) is 0 Å². The summed E-state index contributed by atoms with van der Waals surface area (Å²) in [6, 6.07) is 7.79. The van der Waals surface area contributed by atoms with Crippen LogP contribution < -0.4 is 15.4 Å². The molecular weight excluding hydrogens is 316 g/mol. The smallest absolute Gasteiger partial charge is 0.319 e. The molecule has 25 heavy (non-hydrogen) atoms. The maximum Gasteiger partial charge on any atom is 0.319 e. The number of urea groups is 1. The van der Waals surface area contributed by atoms with Crippen LogP contribution in [0.5, 0.6) is 5.75 Å². The lowest BCUT2D eigenvalue weighted by Crippen LogP contribution is -2.39. The highest BCUT2D eigenvalue weighted by Gasteiger charge is 2.20. The van der Waals surface area contributed by atoms with E-state index in [9.17, 15) is 4.79 Å². The molecule has 3 N–H and O–H groups in total. The summed E-state index contributed by atoms with van der Waals surface area (Å²) in [5.74, 6) is 0.760. The Balaban J connectivity index is 1.79. The third kappa shape index (κ3) is 4.13. The van der Waals surface area contributed by atoms with E-state index in [1.807, 2.05) is 31.2 Å². The topological polar surface area (TPSA) is 79.0 Å². The van der Waals surface area contributed by atoms with Crippen LogP contribution in [0.4, 0.5) is 10.5 Å². The minimum absolute atomic E-state index is 0.160. The van der Waals surface area contributed by atoms with Crippen LogP contribution in [0.1, 0.15) is 44.7 Å². The minimum Gasteiger partial charge on any atom is -0.497 e. The molecule has 2 amide bonds. The number of aryl methyl sites for hydroxylation is 1. The number of rotatable bonds is 5. The number of nitrogens with zero attached hydrogens (tertiary/aromatic N) is 1. The zero-order chi connectivity index (χ0) is 17.6. The molecule has 1 aliphatic carbocycles. The third-order valence-corrected chi connectivity index (χ3v) is 4.72. The Bertz CT molecular complexity index is 720. The molecule has 1 aromatic heterocycles. The van der Waals surface area contributed by atoms with Gasteiger partial charge in [0.2, 0.25) is 0 Å². The van der Waals surface area contributed by atoms with Gasteiger partial charge in [-0.25, -0.2) is 4.79 Å². The molecule has 0 saturated heterocycles. The highest BCUT2D eigenvalue weighted by Crippen LogP contribution is 2.31. The van der Waals surface area contributed by atoms with Crippen molar-refractivity contribution in [2.75, 3.05) is 12.4 Å². The van der Waals surface area contributed by atoms with Crippen LogP contribution in [-0.2, 0) is 6.42 Å². The zero-order valence-electron chi connectivity index (χ0n) is 14.9. The largest absolute Gasteiger partial charge is 0.497 e. The Morgan fingerprint density at radius 1 is 1.32 bits per heavy atom. The molecule has 134 valence electrons. The molecule has 1 fully saturated rings. The molecule has 0 atom stereocenters. The van der Waals surface area contributed by atoms with Crippen LogP contribution in [0.25, 0.3) is 11.3 Å². The summed E-state index contributed by atoms with van der Waals surface area (Å²) in [5.41, 5.74) is 3.29. The first-order chi connectivity index (χ1) is 12.2. The Hall–Kier alpha value is -2.50. The van der Waals surface area contributed by atoms with E-state index in [1.165, 1.54) is 19.3 Å². The Morgan fingerprint density at radius 2 is 2.12 bits per heavy atom. The SMILES string of the molecule is CCc1[nH]nc(-c2cccc(OC)c2)c1NC(=O)NC1CCCCC1. The van der Waals surface area contributed by atoms with Crippen molar-refractivity contribution in [3.63, 3.8) is 0 Å². The molecule has 6 heteroatoms. The van der Waals surface area contributed by atoms with Crippen LogP contribution in [0.15, 0.2) is 24.3 Å². The standard InChI is InChI=1S/C19H26N4O2/c1-3-16-18(21-19(24)20-14-9-5-4-6-10-14)17(23-22-16)13-8-7-11-15(12-13)25-2/h7-8,11-12,14H,3-6,9-10H2,1-2H3,(H,22,23)(H2,20,21,24). The summed E-state index contributed by atoms with van der Waals surface area (Å²) in [7, 11) is 1.64. The molecule has 1 saturated carbocycles. The number of anilines is 1.